The molecule has 0 unspecified atom stereocenters. The van der Waals surface area contributed by atoms with E-state index in [1.807, 2.05) is 24.3 Å². The molecule has 0 saturated carbocycles. The van der Waals surface area contributed by atoms with Crippen LogP contribution in [0.5, 0.6) is 0 Å². The van der Waals surface area contributed by atoms with Gasteiger partial charge in [0.25, 0.3) is 0 Å². The molecular formula is C18H21ClN2O3S. The van der Waals surface area contributed by atoms with Gasteiger partial charge in [-0.05, 0) is 23.8 Å². The highest BCUT2D eigenvalue weighted by Crippen LogP contribution is 2.27. The Morgan fingerprint density at radius 3 is 2.44 bits per heavy atom. The summed E-state index contributed by atoms with van der Waals surface area (Å²) in [6.45, 7) is 3.25. The Morgan fingerprint density at radius 1 is 1.08 bits per heavy atom. The number of nitrogens with zero attached hydrogens (tertiary/aromatic N) is 2. The van der Waals surface area contributed by atoms with Crippen LogP contribution in [0.2, 0.25) is 5.02 Å². The van der Waals surface area contributed by atoms with Crippen LogP contribution in [0.1, 0.15) is 5.56 Å². The molecule has 0 amide bonds. The molecule has 0 radical (unpaired) electrons. The first-order chi connectivity index (χ1) is 12.0. The summed E-state index contributed by atoms with van der Waals surface area (Å²) in [5.74, 6) is 0. The van der Waals surface area contributed by atoms with Gasteiger partial charge in [0.05, 0.1) is 18.2 Å². The summed E-state index contributed by atoms with van der Waals surface area (Å²) in [4.78, 5) is 2.36. The van der Waals surface area contributed by atoms with E-state index in [2.05, 4.69) is 4.90 Å². The number of para-hydroxylation sites is 1. The van der Waals surface area contributed by atoms with Crippen LogP contribution in [-0.4, -0.2) is 46.1 Å². The van der Waals surface area contributed by atoms with E-state index in [0.29, 0.717) is 13.2 Å². The number of ether oxygens (including phenoxy) is 1. The summed E-state index contributed by atoms with van der Waals surface area (Å²) >= 11 is 6.08. The van der Waals surface area contributed by atoms with Crippen molar-refractivity contribution in [1.29, 1.82) is 0 Å². The van der Waals surface area contributed by atoms with Crippen molar-refractivity contribution in [3.63, 3.8) is 0 Å². The monoisotopic (exact) mass is 380 g/mol. The predicted molar refractivity (Wildman–Crippen MR) is 99.6 cm³/mol. The average Bonchev–Trinajstić information content (AvgIpc) is 2.63. The van der Waals surface area contributed by atoms with Crippen molar-refractivity contribution in [2.45, 2.75) is 11.4 Å². The van der Waals surface area contributed by atoms with E-state index >= 15 is 0 Å². The lowest BCUT2D eigenvalue weighted by atomic mass is 10.1. The van der Waals surface area contributed by atoms with E-state index in [1.165, 1.54) is 10.4 Å². The van der Waals surface area contributed by atoms with Crippen molar-refractivity contribution in [2.75, 3.05) is 38.3 Å². The second-order valence-electron chi connectivity index (χ2n) is 5.92. The van der Waals surface area contributed by atoms with E-state index in [-0.39, 0.29) is 16.5 Å². The fraction of sp³-hybridized carbons (Fsp3) is 0.333. The van der Waals surface area contributed by atoms with Gasteiger partial charge in [0.1, 0.15) is 4.90 Å². The molecule has 1 fully saturated rings. The Kier molecular flexibility index (Phi) is 5.64. The van der Waals surface area contributed by atoms with Gasteiger partial charge in [-0.3, -0.25) is 0 Å². The molecule has 0 aromatic heterocycles. The lowest BCUT2D eigenvalue weighted by molar-refractivity contribution is 0.122. The molecular weight excluding hydrogens is 360 g/mol. The Balaban J connectivity index is 1.86. The maximum absolute atomic E-state index is 12.9. The topological polar surface area (TPSA) is 49.9 Å². The molecule has 0 bridgehead atoms. The minimum Gasteiger partial charge on any atom is -0.378 e. The third kappa shape index (κ3) is 3.98. The molecule has 25 heavy (non-hydrogen) atoms. The Hall–Kier alpha value is -1.60. The van der Waals surface area contributed by atoms with Gasteiger partial charge in [-0.2, -0.15) is 4.31 Å². The van der Waals surface area contributed by atoms with Gasteiger partial charge in [0.2, 0.25) is 10.0 Å². The van der Waals surface area contributed by atoms with E-state index in [1.54, 1.807) is 25.2 Å². The molecule has 3 rings (SSSR count). The predicted octanol–water partition coefficient (Wildman–Crippen LogP) is 3.00. The number of sulfonamides is 1. The fourth-order valence-corrected chi connectivity index (χ4v) is 4.54. The smallest absolute Gasteiger partial charge is 0.244 e. The van der Waals surface area contributed by atoms with Gasteiger partial charge in [0.15, 0.2) is 0 Å². The Morgan fingerprint density at radius 2 is 1.72 bits per heavy atom. The SMILES string of the molecule is CN(Cc1ccccc1N1CCOCC1)S(=O)(=O)c1ccccc1Cl. The molecule has 2 aromatic carbocycles. The molecule has 5 nitrogen and oxygen atoms in total. The molecule has 1 aliphatic rings. The third-order valence-corrected chi connectivity index (χ3v) is 6.56. The molecule has 0 atom stereocenters. The third-order valence-electron chi connectivity index (χ3n) is 4.26. The Labute approximate surface area is 153 Å². The summed E-state index contributed by atoms with van der Waals surface area (Å²) in [7, 11) is -2.08. The largest absolute Gasteiger partial charge is 0.378 e. The number of hydrogen-bond acceptors (Lipinski definition) is 4. The first kappa shape index (κ1) is 18.2. The molecule has 0 N–H and O–H groups in total. The molecule has 7 heteroatoms. The van der Waals surface area contributed by atoms with Crippen molar-refractivity contribution >= 4 is 27.3 Å². The quantitative estimate of drug-likeness (QED) is 0.800. The van der Waals surface area contributed by atoms with Crippen molar-refractivity contribution in [3.05, 3.63) is 59.1 Å². The van der Waals surface area contributed by atoms with Gasteiger partial charge in [0, 0.05) is 32.4 Å². The number of halogens is 1. The normalized spacial score (nSPS) is 15.6. The number of anilines is 1. The Bertz CT molecular complexity index is 836. The second kappa shape index (κ2) is 7.74. The van der Waals surface area contributed by atoms with Crippen LogP contribution in [0, 0.1) is 0 Å². The van der Waals surface area contributed by atoms with Crippen molar-refractivity contribution in [2.24, 2.45) is 0 Å². The summed E-state index contributed by atoms with van der Waals surface area (Å²) < 4.78 is 32.5. The fourth-order valence-electron chi connectivity index (χ4n) is 2.90. The summed E-state index contributed by atoms with van der Waals surface area (Å²) in [6, 6.07) is 14.4. The molecule has 0 aliphatic carbocycles. The van der Waals surface area contributed by atoms with E-state index in [0.717, 1.165) is 24.3 Å². The molecule has 1 heterocycles. The number of hydrogen-bond donors (Lipinski definition) is 0. The number of benzene rings is 2. The zero-order valence-corrected chi connectivity index (χ0v) is 15.6. The average molecular weight is 381 g/mol. The van der Waals surface area contributed by atoms with Crippen LogP contribution in [0.25, 0.3) is 0 Å². The molecule has 1 saturated heterocycles. The summed E-state index contributed by atoms with van der Waals surface area (Å²) in [5.41, 5.74) is 2.01. The van der Waals surface area contributed by atoms with Crippen LogP contribution in [0.4, 0.5) is 5.69 Å². The lowest BCUT2D eigenvalue weighted by Gasteiger charge is -2.31. The maximum Gasteiger partial charge on any atom is 0.244 e. The molecule has 2 aromatic rings. The first-order valence-electron chi connectivity index (χ1n) is 8.11. The van der Waals surface area contributed by atoms with Crippen LogP contribution in [-0.2, 0) is 21.3 Å². The lowest BCUT2D eigenvalue weighted by Crippen LogP contribution is -2.37. The van der Waals surface area contributed by atoms with Gasteiger partial charge in [-0.1, -0.05) is 41.9 Å². The number of rotatable bonds is 5. The van der Waals surface area contributed by atoms with Gasteiger partial charge in [-0.15, -0.1) is 0 Å². The van der Waals surface area contributed by atoms with Gasteiger partial charge >= 0.3 is 0 Å². The second-order valence-corrected chi connectivity index (χ2v) is 8.34. The van der Waals surface area contributed by atoms with Crippen molar-refractivity contribution < 1.29 is 13.2 Å². The highest BCUT2D eigenvalue weighted by Gasteiger charge is 2.25. The zero-order chi connectivity index (χ0) is 17.9. The first-order valence-corrected chi connectivity index (χ1v) is 9.93. The van der Waals surface area contributed by atoms with E-state index in [9.17, 15) is 8.42 Å². The van der Waals surface area contributed by atoms with E-state index < -0.39 is 10.0 Å². The van der Waals surface area contributed by atoms with Gasteiger partial charge < -0.3 is 9.64 Å². The van der Waals surface area contributed by atoms with E-state index in [4.69, 9.17) is 16.3 Å². The number of morpholine rings is 1. The highest BCUT2D eigenvalue weighted by molar-refractivity contribution is 7.89. The standard InChI is InChI=1S/C18H21ClN2O3S/c1-20(25(22,23)18-9-5-3-7-16(18)19)14-15-6-2-4-8-17(15)21-10-12-24-13-11-21/h2-9H,10-14H2,1H3. The molecule has 1 aliphatic heterocycles. The van der Waals surface area contributed by atoms with Crippen molar-refractivity contribution in [1.82, 2.24) is 4.31 Å². The van der Waals surface area contributed by atoms with Gasteiger partial charge in [-0.25, -0.2) is 8.42 Å². The minimum atomic E-state index is -3.66. The minimum absolute atomic E-state index is 0.128. The molecule has 134 valence electrons. The van der Waals surface area contributed by atoms with Crippen LogP contribution in [0.15, 0.2) is 53.4 Å². The van der Waals surface area contributed by atoms with Crippen LogP contribution >= 0.6 is 11.6 Å². The highest BCUT2D eigenvalue weighted by atomic mass is 35.5. The van der Waals surface area contributed by atoms with Crippen LogP contribution in [0.3, 0.4) is 0 Å². The summed E-state index contributed by atoms with van der Waals surface area (Å²) in [5, 5.41) is 0.232. The maximum atomic E-state index is 12.9. The van der Waals surface area contributed by atoms with Crippen LogP contribution < -0.4 is 4.90 Å². The zero-order valence-electron chi connectivity index (χ0n) is 14.1. The molecule has 0 spiro atoms. The van der Waals surface area contributed by atoms with Crippen molar-refractivity contribution in [3.8, 4) is 0 Å². The summed E-state index contributed by atoms with van der Waals surface area (Å²) in [6.07, 6.45) is 0.